The third-order valence-electron chi connectivity index (χ3n) is 4.92. The highest BCUT2D eigenvalue weighted by molar-refractivity contribution is 6.00. The second-order valence-electron chi connectivity index (χ2n) is 6.67. The molecule has 0 saturated heterocycles. The highest BCUT2D eigenvalue weighted by Gasteiger charge is 2.41. The van der Waals surface area contributed by atoms with Gasteiger partial charge < -0.3 is 14.4 Å². The first kappa shape index (κ1) is 23.6. The first-order valence-corrected chi connectivity index (χ1v) is 9.08. The Balaban J connectivity index is 2.75. The van der Waals surface area contributed by atoms with Crippen LogP contribution in [0.3, 0.4) is 0 Å². The molecule has 8 heteroatoms. The molecule has 1 aliphatic heterocycles. The van der Waals surface area contributed by atoms with Crippen molar-refractivity contribution in [2.45, 2.75) is 25.9 Å². The van der Waals surface area contributed by atoms with Gasteiger partial charge in [0.05, 0.1) is 22.6 Å². The molecule has 162 valence electrons. The molecule has 0 aromatic heterocycles. The van der Waals surface area contributed by atoms with E-state index >= 15 is 0 Å². The van der Waals surface area contributed by atoms with Crippen molar-refractivity contribution in [2.24, 2.45) is 0 Å². The average Bonchev–Trinajstić information content (AvgIpc) is 2.73. The van der Waals surface area contributed by atoms with Crippen molar-refractivity contribution in [1.29, 1.82) is 0 Å². The van der Waals surface area contributed by atoms with E-state index in [9.17, 15) is 22.8 Å². The summed E-state index contributed by atoms with van der Waals surface area (Å²) in [4.78, 5) is 27.2. The number of alkyl halides is 3. The standard InChI is InChI=1S/C23H20F3NO4/c1-6-11-30-21(28)18-14(3)27(5)15(4)19(22(29)31-12-7-2)20(18)16-9-8-10-17(13-16)23(24,25)26/h1-2,8-10,13,20H,11-12H2,3-5H3. The number of allylic oxidation sites excluding steroid dienone is 2. The van der Waals surface area contributed by atoms with Crippen LogP contribution < -0.4 is 0 Å². The number of benzene rings is 1. The Bertz CT molecular complexity index is 984. The van der Waals surface area contributed by atoms with Gasteiger partial charge in [-0.3, -0.25) is 0 Å². The lowest BCUT2D eigenvalue weighted by molar-refractivity contribution is -0.139. The molecular formula is C23H20F3NO4. The van der Waals surface area contributed by atoms with E-state index in [4.69, 9.17) is 22.3 Å². The normalized spacial score (nSPS) is 14.8. The first-order chi connectivity index (χ1) is 14.5. The summed E-state index contributed by atoms with van der Waals surface area (Å²) in [5.74, 6) is 1.46. The maximum atomic E-state index is 13.3. The van der Waals surface area contributed by atoms with Crippen LogP contribution in [0.2, 0.25) is 0 Å². The molecule has 5 nitrogen and oxygen atoms in total. The molecule has 0 N–H and O–H groups in total. The van der Waals surface area contributed by atoms with Gasteiger partial charge in [0.25, 0.3) is 0 Å². The molecule has 0 unspecified atom stereocenters. The van der Waals surface area contributed by atoms with Gasteiger partial charge in [0.1, 0.15) is 0 Å². The molecule has 1 aromatic rings. The van der Waals surface area contributed by atoms with Crippen LogP contribution >= 0.6 is 0 Å². The Hall–Kier alpha value is -3.65. The summed E-state index contributed by atoms with van der Waals surface area (Å²) in [5.41, 5.74) is -0.0922. The molecule has 1 aromatic carbocycles. The summed E-state index contributed by atoms with van der Waals surface area (Å²) >= 11 is 0. The molecule has 0 aliphatic carbocycles. The van der Waals surface area contributed by atoms with Crippen LogP contribution in [0.25, 0.3) is 0 Å². The number of nitrogens with zero attached hydrogens (tertiary/aromatic N) is 1. The highest BCUT2D eigenvalue weighted by atomic mass is 19.4. The van der Waals surface area contributed by atoms with Crippen molar-refractivity contribution in [3.63, 3.8) is 0 Å². The zero-order chi connectivity index (χ0) is 23.3. The molecule has 31 heavy (non-hydrogen) atoms. The van der Waals surface area contributed by atoms with E-state index in [-0.39, 0.29) is 29.9 Å². The number of carbonyl (C=O) groups excluding carboxylic acids is 2. The zero-order valence-corrected chi connectivity index (χ0v) is 17.2. The molecular weight excluding hydrogens is 411 g/mol. The van der Waals surface area contributed by atoms with Gasteiger partial charge in [-0.25, -0.2) is 9.59 Å². The van der Waals surface area contributed by atoms with Crippen LogP contribution in [-0.4, -0.2) is 37.1 Å². The van der Waals surface area contributed by atoms with Crippen molar-refractivity contribution < 1.29 is 32.2 Å². The molecule has 0 spiro atoms. The molecule has 0 atom stereocenters. The van der Waals surface area contributed by atoms with Gasteiger partial charge in [-0.1, -0.05) is 30.0 Å². The summed E-state index contributed by atoms with van der Waals surface area (Å²) < 4.78 is 50.1. The number of carbonyl (C=O) groups is 2. The zero-order valence-electron chi connectivity index (χ0n) is 17.2. The maximum Gasteiger partial charge on any atom is 0.416 e. The Morgan fingerprint density at radius 3 is 1.94 bits per heavy atom. The number of esters is 2. The van der Waals surface area contributed by atoms with Gasteiger partial charge >= 0.3 is 18.1 Å². The number of halogens is 3. The number of terminal acetylenes is 2. The van der Waals surface area contributed by atoms with Crippen LogP contribution in [0.15, 0.2) is 46.8 Å². The van der Waals surface area contributed by atoms with Crippen LogP contribution in [0.5, 0.6) is 0 Å². The largest absolute Gasteiger partial charge is 0.449 e. The molecule has 0 fully saturated rings. The van der Waals surface area contributed by atoms with E-state index in [1.54, 1.807) is 25.8 Å². The molecule has 1 heterocycles. The van der Waals surface area contributed by atoms with Crippen LogP contribution in [0, 0.1) is 24.7 Å². The summed E-state index contributed by atoms with van der Waals surface area (Å²) in [7, 11) is 1.61. The number of ether oxygens (including phenoxy) is 2. The van der Waals surface area contributed by atoms with Gasteiger partial charge in [-0.15, -0.1) is 12.8 Å². The van der Waals surface area contributed by atoms with Gasteiger partial charge in [-0.05, 0) is 25.5 Å². The van der Waals surface area contributed by atoms with Crippen molar-refractivity contribution >= 4 is 11.9 Å². The lowest BCUT2D eigenvalue weighted by Gasteiger charge is -2.35. The molecule has 0 radical (unpaired) electrons. The van der Waals surface area contributed by atoms with Crippen LogP contribution in [0.4, 0.5) is 13.2 Å². The summed E-state index contributed by atoms with van der Waals surface area (Å²) in [6.45, 7) is 2.52. The second kappa shape index (κ2) is 9.44. The predicted molar refractivity (Wildman–Crippen MR) is 107 cm³/mol. The van der Waals surface area contributed by atoms with E-state index in [2.05, 4.69) is 11.8 Å². The topological polar surface area (TPSA) is 55.8 Å². The minimum atomic E-state index is -4.62. The van der Waals surface area contributed by atoms with Gasteiger partial charge in [0, 0.05) is 18.4 Å². The number of hydrogen-bond donors (Lipinski definition) is 0. The summed E-state index contributed by atoms with van der Waals surface area (Å²) in [6.07, 6.45) is 5.69. The number of hydrogen-bond acceptors (Lipinski definition) is 5. The van der Waals surface area contributed by atoms with Gasteiger partial charge in [0.2, 0.25) is 0 Å². The SMILES string of the molecule is C#CCOC(=O)C1=C(C)N(C)C(C)=C(C(=O)OCC#C)C1c1cccc(C(F)(F)F)c1. The van der Waals surface area contributed by atoms with Crippen molar-refractivity contribution in [2.75, 3.05) is 20.3 Å². The molecule has 1 aliphatic rings. The van der Waals surface area contributed by atoms with Gasteiger partial charge in [-0.2, -0.15) is 13.2 Å². The van der Waals surface area contributed by atoms with Crippen LogP contribution in [-0.2, 0) is 25.2 Å². The Labute approximate surface area is 178 Å². The minimum absolute atomic E-state index is 0.0182. The van der Waals surface area contributed by atoms with E-state index in [1.165, 1.54) is 12.1 Å². The van der Waals surface area contributed by atoms with E-state index < -0.39 is 29.6 Å². The predicted octanol–water partition coefficient (Wildman–Crippen LogP) is 3.64. The highest BCUT2D eigenvalue weighted by Crippen LogP contribution is 2.43. The van der Waals surface area contributed by atoms with E-state index in [0.29, 0.717) is 11.4 Å². The fourth-order valence-electron chi connectivity index (χ4n) is 3.30. The second-order valence-corrected chi connectivity index (χ2v) is 6.67. The molecule has 2 rings (SSSR count). The summed E-state index contributed by atoms with van der Waals surface area (Å²) in [6, 6.07) is 4.39. The fourth-order valence-corrected chi connectivity index (χ4v) is 3.30. The quantitative estimate of drug-likeness (QED) is 0.527. The van der Waals surface area contributed by atoms with Gasteiger partial charge in [0.15, 0.2) is 13.2 Å². The van der Waals surface area contributed by atoms with Crippen molar-refractivity contribution in [3.05, 3.63) is 57.9 Å². The fraction of sp³-hybridized carbons (Fsp3) is 0.304. The third kappa shape index (κ3) is 4.92. The third-order valence-corrected chi connectivity index (χ3v) is 4.92. The molecule has 0 saturated carbocycles. The lowest BCUT2D eigenvalue weighted by Crippen LogP contribution is -2.33. The monoisotopic (exact) mass is 431 g/mol. The van der Waals surface area contributed by atoms with Crippen molar-refractivity contribution in [3.8, 4) is 24.7 Å². The van der Waals surface area contributed by atoms with E-state index in [0.717, 1.165) is 12.1 Å². The summed E-state index contributed by atoms with van der Waals surface area (Å²) in [5, 5.41) is 0. The Kier molecular flexibility index (Phi) is 7.20. The average molecular weight is 431 g/mol. The number of rotatable bonds is 5. The molecule has 0 bridgehead atoms. The molecule has 0 amide bonds. The lowest BCUT2D eigenvalue weighted by atomic mass is 9.79. The Morgan fingerprint density at radius 1 is 1.03 bits per heavy atom. The van der Waals surface area contributed by atoms with E-state index in [1.807, 2.05) is 0 Å². The maximum absolute atomic E-state index is 13.3. The first-order valence-electron chi connectivity index (χ1n) is 9.08. The Morgan fingerprint density at radius 2 is 1.52 bits per heavy atom. The van der Waals surface area contributed by atoms with Crippen LogP contribution in [0.1, 0.15) is 30.9 Å². The smallest absolute Gasteiger partial charge is 0.416 e. The van der Waals surface area contributed by atoms with Crippen molar-refractivity contribution in [1.82, 2.24) is 4.90 Å². The minimum Gasteiger partial charge on any atom is -0.449 e.